The summed E-state index contributed by atoms with van der Waals surface area (Å²) in [5.74, 6) is 1.12. The van der Waals surface area contributed by atoms with Gasteiger partial charge in [-0.1, -0.05) is 17.7 Å². The van der Waals surface area contributed by atoms with Gasteiger partial charge in [-0.25, -0.2) is 14.4 Å². The zero-order valence-corrected chi connectivity index (χ0v) is 16.2. The molecule has 0 aliphatic heterocycles. The Balaban J connectivity index is 1.69. The molecule has 2 heterocycles. The number of nitrogens with zero attached hydrogens (tertiary/aromatic N) is 3. The van der Waals surface area contributed by atoms with Crippen LogP contribution in [-0.4, -0.2) is 22.1 Å². The summed E-state index contributed by atoms with van der Waals surface area (Å²) in [5, 5.41) is 3.88. The molecular formula is C21H16ClFN4O2. The number of aromatic nitrogens is 3. The van der Waals surface area contributed by atoms with Crippen LogP contribution in [0.4, 0.5) is 15.9 Å². The van der Waals surface area contributed by atoms with Crippen molar-refractivity contribution in [3.63, 3.8) is 0 Å². The zero-order chi connectivity index (χ0) is 20.2. The van der Waals surface area contributed by atoms with Crippen LogP contribution in [0.5, 0.6) is 11.5 Å². The third-order valence-corrected chi connectivity index (χ3v) is 4.49. The Morgan fingerprint density at radius 1 is 1.03 bits per heavy atom. The minimum Gasteiger partial charge on any atom is -0.493 e. The fraction of sp³-hybridized carbons (Fsp3) is 0.0952. The number of pyridine rings is 1. The molecule has 0 aliphatic carbocycles. The first kappa shape index (κ1) is 18.9. The molecule has 0 spiro atoms. The summed E-state index contributed by atoms with van der Waals surface area (Å²) in [6.45, 7) is 0.284. The van der Waals surface area contributed by atoms with E-state index in [9.17, 15) is 4.39 Å². The van der Waals surface area contributed by atoms with Crippen LogP contribution < -0.4 is 14.8 Å². The van der Waals surface area contributed by atoms with Gasteiger partial charge >= 0.3 is 0 Å². The molecule has 2 aromatic heterocycles. The molecule has 0 fully saturated rings. The number of nitrogens with one attached hydrogen (secondary N) is 1. The van der Waals surface area contributed by atoms with E-state index in [1.807, 2.05) is 18.2 Å². The summed E-state index contributed by atoms with van der Waals surface area (Å²) < 4.78 is 24.8. The number of methoxy groups -OCH3 is 1. The molecule has 6 nitrogen and oxygen atoms in total. The highest BCUT2D eigenvalue weighted by Crippen LogP contribution is 2.35. The molecule has 0 saturated carbocycles. The van der Waals surface area contributed by atoms with E-state index < -0.39 is 5.82 Å². The standard InChI is InChI=1S/C21H16ClFN4O2/c1-28-19-10-18-15(9-20(19)29-11-14-4-2-3-7-24-14)21(26-12-25-18)27-13-5-6-17(23)16(22)8-13/h2-10,12H,11H2,1H3,(H,25,26,27). The lowest BCUT2D eigenvalue weighted by molar-refractivity contribution is 0.281. The van der Waals surface area contributed by atoms with Crippen molar-refractivity contribution < 1.29 is 13.9 Å². The number of rotatable bonds is 6. The lowest BCUT2D eigenvalue weighted by Gasteiger charge is -2.14. The summed E-state index contributed by atoms with van der Waals surface area (Å²) in [6.07, 6.45) is 3.14. The predicted molar refractivity (Wildman–Crippen MR) is 109 cm³/mol. The second kappa shape index (κ2) is 8.28. The fourth-order valence-electron chi connectivity index (χ4n) is 2.78. The minimum absolute atomic E-state index is 0.0226. The lowest BCUT2D eigenvalue weighted by atomic mass is 10.2. The number of fused-ring (bicyclic) bond motifs is 1. The van der Waals surface area contributed by atoms with E-state index in [2.05, 4.69) is 20.3 Å². The predicted octanol–water partition coefficient (Wildman–Crippen LogP) is 5.15. The van der Waals surface area contributed by atoms with Crippen LogP contribution in [0.3, 0.4) is 0 Å². The second-order valence-electron chi connectivity index (χ2n) is 6.11. The van der Waals surface area contributed by atoms with Gasteiger partial charge in [0.1, 0.15) is 24.6 Å². The molecule has 2 aromatic carbocycles. The van der Waals surface area contributed by atoms with E-state index in [0.29, 0.717) is 33.9 Å². The third kappa shape index (κ3) is 4.20. The van der Waals surface area contributed by atoms with Gasteiger partial charge in [0.2, 0.25) is 0 Å². The number of ether oxygens (including phenoxy) is 2. The van der Waals surface area contributed by atoms with Crippen LogP contribution in [0.2, 0.25) is 5.02 Å². The number of halogens is 2. The van der Waals surface area contributed by atoms with E-state index in [0.717, 1.165) is 5.69 Å². The molecule has 0 aliphatic rings. The third-order valence-electron chi connectivity index (χ3n) is 4.20. The van der Waals surface area contributed by atoms with Gasteiger partial charge in [0.15, 0.2) is 11.5 Å². The van der Waals surface area contributed by atoms with Crippen molar-refractivity contribution in [1.29, 1.82) is 0 Å². The normalized spacial score (nSPS) is 10.7. The van der Waals surface area contributed by atoms with Crippen molar-refractivity contribution >= 4 is 34.0 Å². The lowest BCUT2D eigenvalue weighted by Crippen LogP contribution is -2.01. The molecule has 0 atom stereocenters. The smallest absolute Gasteiger partial charge is 0.162 e. The van der Waals surface area contributed by atoms with E-state index in [1.165, 1.54) is 18.5 Å². The molecule has 0 radical (unpaired) electrons. The maximum absolute atomic E-state index is 13.4. The van der Waals surface area contributed by atoms with Crippen molar-refractivity contribution in [3.8, 4) is 11.5 Å². The molecule has 4 rings (SSSR count). The first-order chi connectivity index (χ1) is 14.1. The fourth-order valence-corrected chi connectivity index (χ4v) is 2.96. The van der Waals surface area contributed by atoms with E-state index in [4.69, 9.17) is 21.1 Å². The maximum Gasteiger partial charge on any atom is 0.162 e. The quantitative estimate of drug-likeness (QED) is 0.474. The largest absolute Gasteiger partial charge is 0.493 e. The van der Waals surface area contributed by atoms with E-state index in [-0.39, 0.29) is 11.6 Å². The van der Waals surface area contributed by atoms with Gasteiger partial charge in [0, 0.05) is 23.3 Å². The molecule has 0 bridgehead atoms. The Morgan fingerprint density at radius 3 is 2.69 bits per heavy atom. The van der Waals surface area contributed by atoms with Crippen molar-refractivity contribution in [3.05, 3.63) is 77.6 Å². The molecule has 29 heavy (non-hydrogen) atoms. The molecule has 4 aromatic rings. The maximum atomic E-state index is 13.4. The number of anilines is 2. The molecular weight excluding hydrogens is 395 g/mol. The Kier molecular flexibility index (Phi) is 5.39. The van der Waals surface area contributed by atoms with E-state index >= 15 is 0 Å². The van der Waals surface area contributed by atoms with Gasteiger partial charge in [0.25, 0.3) is 0 Å². The van der Waals surface area contributed by atoms with Gasteiger partial charge in [-0.3, -0.25) is 4.98 Å². The Hall–Kier alpha value is -3.45. The first-order valence-electron chi connectivity index (χ1n) is 8.71. The van der Waals surface area contributed by atoms with Crippen LogP contribution in [0, 0.1) is 5.82 Å². The van der Waals surface area contributed by atoms with Gasteiger partial charge in [0.05, 0.1) is 23.3 Å². The highest BCUT2D eigenvalue weighted by molar-refractivity contribution is 6.31. The zero-order valence-electron chi connectivity index (χ0n) is 15.4. The molecule has 0 unspecified atom stereocenters. The van der Waals surface area contributed by atoms with Crippen molar-refractivity contribution in [2.75, 3.05) is 12.4 Å². The van der Waals surface area contributed by atoms with Crippen molar-refractivity contribution in [2.45, 2.75) is 6.61 Å². The SMILES string of the molecule is COc1cc2ncnc(Nc3ccc(F)c(Cl)c3)c2cc1OCc1ccccn1. The van der Waals surface area contributed by atoms with Crippen molar-refractivity contribution in [1.82, 2.24) is 15.0 Å². The van der Waals surface area contributed by atoms with E-state index in [1.54, 1.807) is 31.5 Å². The molecule has 146 valence electrons. The topological polar surface area (TPSA) is 69.2 Å². The molecule has 0 saturated heterocycles. The Morgan fingerprint density at radius 2 is 1.93 bits per heavy atom. The highest BCUT2D eigenvalue weighted by atomic mass is 35.5. The Labute approximate surface area is 171 Å². The second-order valence-corrected chi connectivity index (χ2v) is 6.51. The summed E-state index contributed by atoms with van der Waals surface area (Å²) >= 11 is 5.87. The van der Waals surface area contributed by atoms with Crippen LogP contribution in [0.1, 0.15) is 5.69 Å². The van der Waals surface area contributed by atoms with Gasteiger partial charge in [-0.15, -0.1) is 0 Å². The average molecular weight is 411 g/mol. The molecule has 8 heteroatoms. The molecule has 1 N–H and O–H groups in total. The van der Waals surface area contributed by atoms with Gasteiger partial charge < -0.3 is 14.8 Å². The summed E-state index contributed by atoms with van der Waals surface area (Å²) in [7, 11) is 1.57. The molecule has 0 amide bonds. The summed E-state index contributed by atoms with van der Waals surface area (Å²) in [6, 6.07) is 13.5. The van der Waals surface area contributed by atoms with Crippen molar-refractivity contribution in [2.24, 2.45) is 0 Å². The monoisotopic (exact) mass is 410 g/mol. The average Bonchev–Trinajstić information content (AvgIpc) is 2.75. The number of benzene rings is 2. The number of hydrogen-bond donors (Lipinski definition) is 1. The van der Waals surface area contributed by atoms with Crippen LogP contribution in [-0.2, 0) is 6.61 Å². The first-order valence-corrected chi connectivity index (χ1v) is 9.09. The van der Waals surface area contributed by atoms with Gasteiger partial charge in [-0.2, -0.15) is 0 Å². The van der Waals surface area contributed by atoms with Crippen LogP contribution in [0.15, 0.2) is 61.1 Å². The van der Waals surface area contributed by atoms with Crippen LogP contribution in [0.25, 0.3) is 10.9 Å². The highest BCUT2D eigenvalue weighted by Gasteiger charge is 2.13. The summed E-state index contributed by atoms with van der Waals surface area (Å²) in [4.78, 5) is 12.9. The minimum atomic E-state index is -0.486. The van der Waals surface area contributed by atoms with Crippen LogP contribution >= 0.6 is 11.6 Å². The summed E-state index contributed by atoms with van der Waals surface area (Å²) in [5.41, 5.74) is 2.05. The Bertz CT molecular complexity index is 1160. The van der Waals surface area contributed by atoms with Gasteiger partial charge in [-0.05, 0) is 36.4 Å². The number of hydrogen-bond acceptors (Lipinski definition) is 6.